The molecule has 0 aliphatic heterocycles. The molecule has 0 spiro atoms. The van der Waals surface area contributed by atoms with Crippen LogP contribution in [0.5, 0.6) is 0 Å². The number of nitrogen functional groups attached to an aromatic ring is 1. The molecule has 0 aliphatic rings. The maximum atomic E-state index is 5.62. The summed E-state index contributed by atoms with van der Waals surface area (Å²) in [4.78, 5) is 0. The molecule has 0 unspecified atom stereocenters. The number of rotatable bonds is 1. The van der Waals surface area contributed by atoms with E-state index in [4.69, 9.17) is 5.73 Å². The van der Waals surface area contributed by atoms with Gasteiger partial charge in [-0.3, -0.25) is 0 Å². The van der Waals surface area contributed by atoms with Gasteiger partial charge in [-0.1, -0.05) is 18.2 Å². The number of allylic oxidation sites excluding steroid dienone is 1. The first kappa shape index (κ1) is 7.86. The third-order valence-electron chi connectivity index (χ3n) is 1.65. The van der Waals surface area contributed by atoms with Crippen LogP contribution in [0.25, 0.3) is 6.08 Å². The van der Waals surface area contributed by atoms with Crippen LogP contribution in [-0.2, 0) is 0 Å². The minimum atomic E-state index is 0.823. The molecule has 0 amide bonds. The van der Waals surface area contributed by atoms with Crippen LogP contribution < -0.4 is 5.73 Å². The van der Waals surface area contributed by atoms with Crippen LogP contribution in [0.2, 0.25) is 0 Å². The normalized spacial score (nSPS) is 10.7. The van der Waals surface area contributed by atoms with Crippen LogP contribution >= 0.6 is 0 Å². The van der Waals surface area contributed by atoms with E-state index in [1.807, 2.05) is 31.2 Å². The molecule has 0 aromatic heterocycles. The second-order valence-corrected chi connectivity index (χ2v) is 2.62. The van der Waals surface area contributed by atoms with Gasteiger partial charge in [-0.2, -0.15) is 0 Å². The molecule has 0 atom stereocenters. The van der Waals surface area contributed by atoms with E-state index in [1.54, 1.807) is 0 Å². The summed E-state index contributed by atoms with van der Waals surface area (Å²) in [5, 5.41) is 0. The Morgan fingerprint density at radius 2 is 2.09 bits per heavy atom. The molecule has 0 heterocycles. The van der Waals surface area contributed by atoms with E-state index in [9.17, 15) is 0 Å². The van der Waals surface area contributed by atoms with Gasteiger partial charge in [-0.25, -0.2) is 0 Å². The fraction of sp³-hybridized carbons (Fsp3) is 0.200. The maximum Gasteiger partial charge on any atom is 0.0320 e. The van der Waals surface area contributed by atoms with E-state index >= 15 is 0 Å². The van der Waals surface area contributed by atoms with Gasteiger partial charge in [0.05, 0.1) is 0 Å². The zero-order chi connectivity index (χ0) is 8.27. The highest BCUT2D eigenvalue weighted by Gasteiger charge is 1.92. The van der Waals surface area contributed by atoms with Crippen LogP contribution in [0, 0.1) is 6.92 Å². The Hall–Kier alpha value is -1.24. The summed E-state index contributed by atoms with van der Waals surface area (Å²) < 4.78 is 0. The lowest BCUT2D eigenvalue weighted by atomic mass is 10.1. The summed E-state index contributed by atoms with van der Waals surface area (Å²) >= 11 is 0. The third-order valence-corrected chi connectivity index (χ3v) is 1.65. The molecule has 1 nitrogen and oxygen atoms in total. The Labute approximate surface area is 67.5 Å². The summed E-state index contributed by atoms with van der Waals surface area (Å²) in [5.74, 6) is 0. The second-order valence-electron chi connectivity index (χ2n) is 2.62. The lowest BCUT2D eigenvalue weighted by Gasteiger charge is -2.00. The fourth-order valence-corrected chi connectivity index (χ4v) is 1.02. The van der Waals surface area contributed by atoms with Crippen molar-refractivity contribution in [2.24, 2.45) is 0 Å². The number of anilines is 1. The minimum Gasteiger partial charge on any atom is -0.399 e. The average Bonchev–Trinajstić information content (AvgIpc) is 1.98. The van der Waals surface area contributed by atoms with Gasteiger partial charge < -0.3 is 5.73 Å². The first-order valence-electron chi connectivity index (χ1n) is 3.73. The van der Waals surface area contributed by atoms with Gasteiger partial charge in [-0.15, -0.1) is 0 Å². The number of nitrogens with two attached hydrogens (primary N) is 1. The quantitative estimate of drug-likeness (QED) is 0.607. The summed E-state index contributed by atoms with van der Waals surface area (Å²) in [6.07, 6.45) is 4.08. The van der Waals surface area contributed by atoms with Crippen molar-refractivity contribution in [3.63, 3.8) is 0 Å². The molecule has 2 N–H and O–H groups in total. The lowest BCUT2D eigenvalue weighted by molar-refractivity contribution is 1.44. The van der Waals surface area contributed by atoms with Gasteiger partial charge in [-0.05, 0) is 37.1 Å². The van der Waals surface area contributed by atoms with Crippen LogP contribution in [0.15, 0.2) is 24.3 Å². The zero-order valence-electron chi connectivity index (χ0n) is 6.96. The van der Waals surface area contributed by atoms with E-state index in [2.05, 4.69) is 13.0 Å². The smallest absolute Gasteiger partial charge is 0.0320 e. The van der Waals surface area contributed by atoms with Gasteiger partial charge >= 0.3 is 0 Å². The van der Waals surface area contributed by atoms with Gasteiger partial charge in [0.15, 0.2) is 0 Å². The van der Waals surface area contributed by atoms with Crippen LogP contribution in [-0.4, -0.2) is 0 Å². The molecule has 11 heavy (non-hydrogen) atoms. The molecule has 0 radical (unpaired) electrons. The molecule has 0 saturated carbocycles. The first-order valence-corrected chi connectivity index (χ1v) is 3.73. The highest BCUT2D eigenvalue weighted by Crippen LogP contribution is 2.13. The first-order chi connectivity index (χ1) is 5.24. The molecule has 1 aromatic carbocycles. The Bertz CT molecular complexity index is 274. The van der Waals surface area contributed by atoms with E-state index in [1.165, 1.54) is 11.1 Å². The van der Waals surface area contributed by atoms with E-state index < -0.39 is 0 Å². The Morgan fingerprint density at radius 3 is 2.73 bits per heavy atom. The summed E-state index contributed by atoms with van der Waals surface area (Å²) in [5.41, 5.74) is 8.91. The molecular weight excluding hydrogens is 134 g/mol. The van der Waals surface area contributed by atoms with Gasteiger partial charge in [0.1, 0.15) is 0 Å². The Kier molecular flexibility index (Phi) is 2.32. The standard InChI is InChI=1S/C10H13N/c1-3-4-9-7-10(11)6-5-8(9)2/h3-7H,11H2,1-2H3/b4-3-. The van der Waals surface area contributed by atoms with Crippen molar-refractivity contribution in [3.05, 3.63) is 35.4 Å². The van der Waals surface area contributed by atoms with Gasteiger partial charge in [0.2, 0.25) is 0 Å². The van der Waals surface area contributed by atoms with Crippen LogP contribution in [0.4, 0.5) is 5.69 Å². The SMILES string of the molecule is C/C=C\c1cc(N)ccc1C. The predicted octanol–water partition coefficient (Wildman–Crippen LogP) is 2.61. The summed E-state index contributed by atoms with van der Waals surface area (Å²) in [6.45, 7) is 4.08. The molecule has 1 aromatic rings. The molecule has 1 heteroatoms. The lowest BCUT2D eigenvalue weighted by Crippen LogP contribution is -1.87. The van der Waals surface area contributed by atoms with Gasteiger partial charge in [0.25, 0.3) is 0 Å². The molecular formula is C10H13N. The maximum absolute atomic E-state index is 5.62. The molecule has 0 saturated heterocycles. The summed E-state index contributed by atoms with van der Waals surface area (Å²) in [6, 6.07) is 5.93. The molecule has 58 valence electrons. The van der Waals surface area contributed by atoms with Crippen molar-refractivity contribution < 1.29 is 0 Å². The van der Waals surface area contributed by atoms with E-state index in [0.29, 0.717) is 0 Å². The van der Waals surface area contributed by atoms with Crippen molar-refractivity contribution in [1.82, 2.24) is 0 Å². The van der Waals surface area contributed by atoms with Crippen molar-refractivity contribution in [1.29, 1.82) is 0 Å². The Morgan fingerprint density at radius 1 is 1.36 bits per heavy atom. The topological polar surface area (TPSA) is 26.0 Å². The molecule has 0 bridgehead atoms. The largest absolute Gasteiger partial charge is 0.399 e. The highest BCUT2D eigenvalue weighted by molar-refractivity contribution is 5.58. The van der Waals surface area contributed by atoms with E-state index in [-0.39, 0.29) is 0 Å². The van der Waals surface area contributed by atoms with Crippen molar-refractivity contribution in [3.8, 4) is 0 Å². The molecule has 0 aliphatic carbocycles. The number of hydrogen-bond acceptors (Lipinski definition) is 1. The predicted molar refractivity (Wildman–Crippen MR) is 50.3 cm³/mol. The van der Waals surface area contributed by atoms with E-state index in [0.717, 1.165) is 5.69 Å². The van der Waals surface area contributed by atoms with Crippen molar-refractivity contribution in [2.75, 3.05) is 5.73 Å². The van der Waals surface area contributed by atoms with Gasteiger partial charge in [0, 0.05) is 5.69 Å². The average molecular weight is 147 g/mol. The highest BCUT2D eigenvalue weighted by atomic mass is 14.5. The summed E-state index contributed by atoms with van der Waals surface area (Å²) in [7, 11) is 0. The zero-order valence-corrected chi connectivity index (χ0v) is 6.96. The number of benzene rings is 1. The minimum absolute atomic E-state index is 0.823. The Balaban J connectivity index is 3.12. The molecule has 1 rings (SSSR count). The van der Waals surface area contributed by atoms with Crippen molar-refractivity contribution in [2.45, 2.75) is 13.8 Å². The number of hydrogen-bond donors (Lipinski definition) is 1. The molecule has 0 fully saturated rings. The van der Waals surface area contributed by atoms with Crippen LogP contribution in [0.1, 0.15) is 18.1 Å². The fourth-order valence-electron chi connectivity index (χ4n) is 1.02. The number of aryl methyl sites for hydroxylation is 1. The van der Waals surface area contributed by atoms with Crippen molar-refractivity contribution >= 4 is 11.8 Å². The third kappa shape index (κ3) is 1.84. The van der Waals surface area contributed by atoms with Crippen LogP contribution in [0.3, 0.4) is 0 Å². The monoisotopic (exact) mass is 147 g/mol. The second kappa shape index (κ2) is 3.24.